The minimum Gasteiger partial charge on any atom is -0.497 e. The first-order chi connectivity index (χ1) is 17.3. The van der Waals surface area contributed by atoms with Gasteiger partial charge in [0.15, 0.2) is 0 Å². The Morgan fingerprint density at radius 2 is 1.58 bits per heavy atom. The van der Waals surface area contributed by atoms with Gasteiger partial charge in [-0.15, -0.1) is 0 Å². The Hall–Kier alpha value is -3.78. The number of rotatable bonds is 7. The number of nitrogens with one attached hydrogen (secondary N) is 1. The van der Waals surface area contributed by atoms with Gasteiger partial charge in [0.25, 0.3) is 11.8 Å². The van der Waals surface area contributed by atoms with E-state index in [0.29, 0.717) is 29.6 Å². The van der Waals surface area contributed by atoms with Gasteiger partial charge in [-0.05, 0) is 66.9 Å². The second kappa shape index (κ2) is 11.3. The average molecular weight is 494 g/mol. The summed E-state index contributed by atoms with van der Waals surface area (Å²) in [6, 6.07) is 16.5. The Kier molecular flexibility index (Phi) is 7.95. The number of hydrogen-bond donors (Lipinski definition) is 2. The molecule has 188 valence electrons. The van der Waals surface area contributed by atoms with Gasteiger partial charge in [0.1, 0.15) is 17.4 Å². The topological polar surface area (TPSA) is 84.7 Å². The molecule has 1 aliphatic rings. The summed E-state index contributed by atoms with van der Waals surface area (Å²) in [5.74, 6) is -1.70. The first kappa shape index (κ1) is 25.3. The average Bonchev–Trinajstić information content (AvgIpc) is 2.88. The highest BCUT2D eigenvalue weighted by Crippen LogP contribution is 2.26. The van der Waals surface area contributed by atoms with Crippen molar-refractivity contribution in [2.24, 2.45) is 5.73 Å². The summed E-state index contributed by atoms with van der Waals surface area (Å²) in [5, 5.41) is 2.64. The molecule has 1 aliphatic carbocycles. The van der Waals surface area contributed by atoms with E-state index < -0.39 is 17.5 Å². The molecule has 6 nitrogen and oxygen atoms in total. The van der Waals surface area contributed by atoms with E-state index in [1.54, 1.807) is 43.5 Å². The predicted molar refractivity (Wildman–Crippen MR) is 134 cm³/mol. The lowest BCUT2D eigenvalue weighted by Crippen LogP contribution is -2.51. The van der Waals surface area contributed by atoms with Crippen molar-refractivity contribution in [3.8, 4) is 5.75 Å². The maximum atomic E-state index is 13.5. The number of carbonyl (C=O) groups is 2. The molecule has 3 N–H and O–H groups in total. The zero-order valence-corrected chi connectivity index (χ0v) is 20.0. The molecular weight excluding hydrogens is 464 g/mol. The van der Waals surface area contributed by atoms with E-state index in [1.807, 2.05) is 17.0 Å². The van der Waals surface area contributed by atoms with Gasteiger partial charge in [0.05, 0.1) is 7.11 Å². The number of halogens is 2. The van der Waals surface area contributed by atoms with Crippen molar-refractivity contribution in [3.05, 3.63) is 95.1 Å². The van der Waals surface area contributed by atoms with Crippen LogP contribution in [0.4, 0.5) is 14.5 Å². The van der Waals surface area contributed by atoms with Crippen molar-refractivity contribution in [2.75, 3.05) is 12.4 Å². The molecule has 0 aromatic heterocycles. The van der Waals surface area contributed by atoms with Crippen molar-refractivity contribution >= 4 is 17.5 Å². The van der Waals surface area contributed by atoms with Gasteiger partial charge in [-0.2, -0.15) is 0 Å². The fourth-order valence-electron chi connectivity index (χ4n) is 4.54. The molecule has 1 fully saturated rings. The van der Waals surface area contributed by atoms with Crippen molar-refractivity contribution in [2.45, 2.75) is 44.3 Å². The Labute approximate surface area is 209 Å². The molecule has 0 spiro atoms. The Morgan fingerprint density at radius 3 is 2.19 bits per heavy atom. The van der Waals surface area contributed by atoms with Crippen LogP contribution in [0, 0.1) is 11.6 Å². The van der Waals surface area contributed by atoms with Gasteiger partial charge in [-0.25, -0.2) is 8.78 Å². The molecule has 4 rings (SSSR count). The van der Waals surface area contributed by atoms with Gasteiger partial charge < -0.3 is 20.7 Å². The van der Waals surface area contributed by atoms with Crippen molar-refractivity contribution in [3.63, 3.8) is 0 Å². The number of methoxy groups -OCH3 is 1. The summed E-state index contributed by atoms with van der Waals surface area (Å²) in [7, 11) is 1.58. The third-order valence-corrected chi connectivity index (χ3v) is 6.47. The Bertz CT molecular complexity index is 1200. The SMILES string of the molecule is COc1ccc(C(=O)N(Cc2ccc(NC(=O)c3cc(F)cc(F)c3)cc2)C2CCCCC2N)cc1. The van der Waals surface area contributed by atoms with Crippen molar-refractivity contribution < 1.29 is 23.1 Å². The number of nitrogens with zero attached hydrogens (tertiary/aromatic N) is 1. The van der Waals surface area contributed by atoms with Crippen LogP contribution >= 0.6 is 0 Å². The Morgan fingerprint density at radius 1 is 0.944 bits per heavy atom. The van der Waals surface area contributed by atoms with Crippen LogP contribution in [0.25, 0.3) is 0 Å². The monoisotopic (exact) mass is 493 g/mol. The number of hydrogen-bond acceptors (Lipinski definition) is 4. The minimum atomic E-state index is -0.821. The zero-order valence-electron chi connectivity index (χ0n) is 20.0. The van der Waals surface area contributed by atoms with Gasteiger partial charge in [-0.1, -0.05) is 25.0 Å². The second-order valence-corrected chi connectivity index (χ2v) is 8.99. The highest BCUT2D eigenvalue weighted by atomic mass is 19.1. The van der Waals surface area contributed by atoms with Crippen LogP contribution in [0.5, 0.6) is 5.75 Å². The quantitative estimate of drug-likeness (QED) is 0.478. The van der Waals surface area contributed by atoms with E-state index in [2.05, 4.69) is 5.32 Å². The summed E-state index contributed by atoms with van der Waals surface area (Å²) in [5.41, 5.74) is 8.21. The highest BCUT2D eigenvalue weighted by Gasteiger charge is 2.31. The second-order valence-electron chi connectivity index (χ2n) is 8.99. The summed E-state index contributed by atoms with van der Waals surface area (Å²) in [4.78, 5) is 27.8. The molecule has 0 saturated heterocycles. The van der Waals surface area contributed by atoms with E-state index in [1.165, 1.54) is 0 Å². The lowest BCUT2D eigenvalue weighted by molar-refractivity contribution is 0.0583. The predicted octanol–water partition coefficient (Wildman–Crippen LogP) is 5.14. The fraction of sp³-hybridized carbons (Fsp3) is 0.286. The van der Waals surface area contributed by atoms with Crippen molar-refractivity contribution in [1.29, 1.82) is 0 Å². The van der Waals surface area contributed by atoms with Gasteiger partial charge in [0.2, 0.25) is 0 Å². The molecule has 0 aliphatic heterocycles. The number of carbonyl (C=O) groups excluding carboxylic acids is 2. The maximum absolute atomic E-state index is 13.5. The zero-order chi connectivity index (χ0) is 25.7. The normalized spacial score (nSPS) is 17.3. The summed E-state index contributed by atoms with van der Waals surface area (Å²) < 4.78 is 32.1. The molecule has 3 aromatic carbocycles. The third kappa shape index (κ3) is 6.07. The minimum absolute atomic E-state index is 0.0874. The molecule has 0 heterocycles. The smallest absolute Gasteiger partial charge is 0.255 e. The molecule has 1 saturated carbocycles. The molecule has 0 radical (unpaired) electrons. The standard InChI is InChI=1S/C28H29F2N3O3/c1-36-24-12-8-19(9-13-24)28(35)33(26-5-3-2-4-25(26)31)17-18-6-10-23(11-7-18)32-27(34)20-14-21(29)16-22(30)15-20/h6-16,25-26H,2-5,17,31H2,1H3,(H,32,34). The largest absolute Gasteiger partial charge is 0.497 e. The molecule has 8 heteroatoms. The van der Waals surface area contributed by atoms with E-state index in [0.717, 1.165) is 43.4 Å². The van der Waals surface area contributed by atoms with Crippen molar-refractivity contribution in [1.82, 2.24) is 4.90 Å². The molecule has 3 aromatic rings. The van der Waals surface area contributed by atoms with Crippen LogP contribution in [0.15, 0.2) is 66.7 Å². The van der Waals surface area contributed by atoms with Crippen LogP contribution < -0.4 is 15.8 Å². The Balaban J connectivity index is 1.51. The lowest BCUT2D eigenvalue weighted by Gasteiger charge is -2.38. The van der Waals surface area contributed by atoms with E-state index in [4.69, 9.17) is 10.5 Å². The van der Waals surface area contributed by atoms with Gasteiger partial charge >= 0.3 is 0 Å². The lowest BCUT2D eigenvalue weighted by atomic mass is 9.89. The number of amides is 2. The van der Waals surface area contributed by atoms with E-state index in [-0.39, 0.29) is 23.6 Å². The van der Waals surface area contributed by atoms with Gasteiger partial charge in [0, 0.05) is 41.5 Å². The first-order valence-corrected chi connectivity index (χ1v) is 11.9. The van der Waals surface area contributed by atoms with E-state index in [9.17, 15) is 18.4 Å². The fourth-order valence-corrected chi connectivity index (χ4v) is 4.54. The molecule has 2 amide bonds. The van der Waals surface area contributed by atoms with E-state index >= 15 is 0 Å². The summed E-state index contributed by atoms with van der Waals surface area (Å²) >= 11 is 0. The number of anilines is 1. The van der Waals surface area contributed by atoms with Crippen LogP contribution in [-0.4, -0.2) is 35.9 Å². The van der Waals surface area contributed by atoms with Crippen LogP contribution in [0.3, 0.4) is 0 Å². The van der Waals surface area contributed by atoms with Gasteiger partial charge in [-0.3, -0.25) is 9.59 Å². The molecular formula is C28H29F2N3O3. The maximum Gasteiger partial charge on any atom is 0.255 e. The highest BCUT2D eigenvalue weighted by molar-refractivity contribution is 6.04. The summed E-state index contributed by atoms with van der Waals surface area (Å²) in [6.45, 7) is 0.354. The number of nitrogens with two attached hydrogens (primary N) is 1. The molecule has 2 unspecified atom stereocenters. The molecule has 36 heavy (non-hydrogen) atoms. The number of benzene rings is 3. The van der Waals surface area contributed by atoms with Crippen LogP contribution in [0.1, 0.15) is 52.0 Å². The summed E-state index contributed by atoms with van der Waals surface area (Å²) in [6.07, 6.45) is 3.76. The first-order valence-electron chi connectivity index (χ1n) is 11.9. The van der Waals surface area contributed by atoms with Crippen LogP contribution in [-0.2, 0) is 6.54 Å². The third-order valence-electron chi connectivity index (χ3n) is 6.47. The molecule has 2 atom stereocenters. The van der Waals surface area contributed by atoms with Crippen LogP contribution in [0.2, 0.25) is 0 Å². The molecule has 0 bridgehead atoms. The number of ether oxygens (including phenoxy) is 1.